The summed E-state index contributed by atoms with van der Waals surface area (Å²) < 4.78 is 10.8. The van der Waals surface area contributed by atoms with E-state index >= 15 is 0 Å². The molecule has 1 rings (SSSR count). The molecule has 0 aromatic rings. The summed E-state index contributed by atoms with van der Waals surface area (Å²) in [7, 11) is 0. The summed E-state index contributed by atoms with van der Waals surface area (Å²) in [5.41, 5.74) is 0. The van der Waals surface area contributed by atoms with Crippen molar-refractivity contribution in [3.8, 4) is 0 Å². The molecular formula is C21H40O5. The van der Waals surface area contributed by atoms with Gasteiger partial charge in [0.25, 0.3) is 0 Å². The van der Waals surface area contributed by atoms with E-state index < -0.39 is 24.4 Å². The van der Waals surface area contributed by atoms with E-state index in [0.29, 0.717) is 6.61 Å². The van der Waals surface area contributed by atoms with E-state index in [4.69, 9.17) is 14.6 Å². The summed E-state index contributed by atoms with van der Waals surface area (Å²) in [4.78, 5) is 0. The van der Waals surface area contributed by atoms with Crippen molar-refractivity contribution in [2.75, 3.05) is 19.8 Å². The van der Waals surface area contributed by atoms with Gasteiger partial charge < -0.3 is 24.8 Å². The van der Waals surface area contributed by atoms with E-state index in [0.717, 1.165) is 12.8 Å². The van der Waals surface area contributed by atoms with Crippen LogP contribution in [-0.2, 0) is 9.47 Å². The third-order valence-electron chi connectivity index (χ3n) is 4.97. The van der Waals surface area contributed by atoms with E-state index in [1.807, 2.05) is 0 Å². The Kier molecular flexibility index (Phi) is 14.1. The van der Waals surface area contributed by atoms with Crippen LogP contribution in [0.2, 0.25) is 0 Å². The average molecular weight is 373 g/mol. The van der Waals surface area contributed by atoms with Gasteiger partial charge in [-0.15, -0.1) is 0 Å². The molecule has 0 radical (unpaired) electrons. The molecule has 26 heavy (non-hydrogen) atoms. The highest BCUT2D eigenvalue weighted by Crippen LogP contribution is 2.19. The second kappa shape index (κ2) is 15.6. The van der Waals surface area contributed by atoms with E-state index in [1.165, 1.54) is 57.8 Å². The maximum atomic E-state index is 10.0. The van der Waals surface area contributed by atoms with Crippen molar-refractivity contribution < 1.29 is 24.8 Å². The first-order chi connectivity index (χ1) is 12.7. The van der Waals surface area contributed by atoms with Crippen LogP contribution in [0.3, 0.4) is 0 Å². The van der Waals surface area contributed by atoms with Gasteiger partial charge in [0.05, 0.1) is 13.2 Å². The molecule has 1 aliphatic rings. The predicted molar refractivity (Wildman–Crippen MR) is 104 cm³/mol. The van der Waals surface area contributed by atoms with Crippen molar-refractivity contribution in [1.29, 1.82) is 0 Å². The van der Waals surface area contributed by atoms with Crippen molar-refractivity contribution in [3.05, 3.63) is 12.2 Å². The van der Waals surface area contributed by atoms with Crippen LogP contribution in [-0.4, -0.2) is 59.6 Å². The number of aliphatic hydroxyl groups excluding tert-OH is 3. The first kappa shape index (κ1) is 23.6. The largest absolute Gasteiger partial charge is 0.394 e. The Morgan fingerprint density at radius 2 is 1.54 bits per heavy atom. The molecule has 1 saturated heterocycles. The van der Waals surface area contributed by atoms with Gasteiger partial charge in [-0.3, -0.25) is 0 Å². The second-order valence-electron chi connectivity index (χ2n) is 7.32. The molecule has 154 valence electrons. The minimum Gasteiger partial charge on any atom is -0.394 e. The standard InChI is InChI=1S/C21H40O5/c1-2-3-4-5-6-7-8-9-10-11-12-13-14-15-25-21-18(23)17-26-19(16-22)20(21)24/h5-6,18-24H,2-4,7-17H2,1H3/b6-5+/t18-,19+,20+,21+/m0/s1. The van der Waals surface area contributed by atoms with E-state index in [1.54, 1.807) is 0 Å². The van der Waals surface area contributed by atoms with Crippen molar-refractivity contribution in [2.45, 2.75) is 102 Å². The predicted octanol–water partition coefficient (Wildman–Crippen LogP) is 3.35. The van der Waals surface area contributed by atoms with Gasteiger partial charge in [-0.05, 0) is 25.7 Å². The van der Waals surface area contributed by atoms with Crippen molar-refractivity contribution in [1.82, 2.24) is 0 Å². The quantitative estimate of drug-likeness (QED) is 0.303. The number of ether oxygens (including phenoxy) is 2. The van der Waals surface area contributed by atoms with Gasteiger partial charge in [0, 0.05) is 6.61 Å². The molecule has 0 amide bonds. The second-order valence-corrected chi connectivity index (χ2v) is 7.32. The van der Waals surface area contributed by atoms with E-state index in [2.05, 4.69) is 19.1 Å². The summed E-state index contributed by atoms with van der Waals surface area (Å²) in [5.74, 6) is 0. The highest BCUT2D eigenvalue weighted by molar-refractivity contribution is 4.87. The van der Waals surface area contributed by atoms with Gasteiger partial charge in [0.1, 0.15) is 24.4 Å². The SMILES string of the molecule is CCCC/C=C/CCCCCCCCCO[C@H]1[C@H](O)[C@@H](CO)OC[C@@H]1O. The Morgan fingerprint density at radius 3 is 2.19 bits per heavy atom. The first-order valence-electron chi connectivity index (χ1n) is 10.6. The molecule has 0 saturated carbocycles. The molecular weight excluding hydrogens is 332 g/mol. The van der Waals surface area contributed by atoms with Gasteiger partial charge in [0.15, 0.2) is 0 Å². The topological polar surface area (TPSA) is 79.2 Å². The van der Waals surface area contributed by atoms with Crippen LogP contribution in [0.4, 0.5) is 0 Å². The lowest BCUT2D eigenvalue weighted by atomic mass is 10.0. The third kappa shape index (κ3) is 10.0. The van der Waals surface area contributed by atoms with Crippen molar-refractivity contribution in [2.24, 2.45) is 0 Å². The van der Waals surface area contributed by atoms with Gasteiger partial charge >= 0.3 is 0 Å². The molecule has 0 aromatic heterocycles. The third-order valence-corrected chi connectivity index (χ3v) is 4.97. The number of allylic oxidation sites excluding steroid dienone is 2. The molecule has 4 atom stereocenters. The summed E-state index contributed by atoms with van der Waals surface area (Å²) >= 11 is 0. The highest BCUT2D eigenvalue weighted by atomic mass is 16.6. The Balaban J connectivity index is 1.92. The zero-order valence-corrected chi connectivity index (χ0v) is 16.5. The number of hydrogen-bond donors (Lipinski definition) is 3. The fraction of sp³-hybridized carbons (Fsp3) is 0.905. The zero-order chi connectivity index (χ0) is 19.0. The molecule has 1 fully saturated rings. The van der Waals surface area contributed by atoms with Crippen LogP contribution in [0.15, 0.2) is 12.2 Å². The summed E-state index contributed by atoms with van der Waals surface area (Å²) in [6.07, 6.45) is 14.9. The lowest BCUT2D eigenvalue weighted by Gasteiger charge is -2.37. The lowest BCUT2D eigenvalue weighted by Crippen LogP contribution is -2.55. The molecule has 5 nitrogen and oxygen atoms in total. The maximum absolute atomic E-state index is 10.0. The molecule has 1 heterocycles. The zero-order valence-electron chi connectivity index (χ0n) is 16.5. The smallest absolute Gasteiger partial charge is 0.114 e. The van der Waals surface area contributed by atoms with Gasteiger partial charge in [-0.2, -0.15) is 0 Å². The van der Waals surface area contributed by atoms with Crippen LogP contribution in [0.5, 0.6) is 0 Å². The van der Waals surface area contributed by atoms with Gasteiger partial charge in [-0.1, -0.05) is 64.0 Å². The van der Waals surface area contributed by atoms with E-state index in [9.17, 15) is 10.2 Å². The summed E-state index contributed by atoms with van der Waals surface area (Å²) in [6.45, 7) is 2.59. The monoisotopic (exact) mass is 372 g/mol. The lowest BCUT2D eigenvalue weighted by molar-refractivity contribution is -0.210. The van der Waals surface area contributed by atoms with Crippen LogP contribution < -0.4 is 0 Å². The normalized spacial score (nSPS) is 26.6. The molecule has 1 aliphatic heterocycles. The van der Waals surface area contributed by atoms with Gasteiger partial charge in [0.2, 0.25) is 0 Å². The van der Waals surface area contributed by atoms with Crippen LogP contribution in [0.1, 0.15) is 77.6 Å². The minimum atomic E-state index is -0.972. The summed E-state index contributed by atoms with van der Waals surface area (Å²) in [6, 6.07) is 0. The fourth-order valence-corrected chi connectivity index (χ4v) is 3.25. The Labute approximate surface area is 159 Å². The first-order valence-corrected chi connectivity index (χ1v) is 10.6. The molecule has 0 aliphatic carbocycles. The Hall–Kier alpha value is -0.460. The van der Waals surface area contributed by atoms with Crippen LogP contribution in [0, 0.1) is 0 Å². The molecule has 0 spiro atoms. The summed E-state index contributed by atoms with van der Waals surface area (Å²) in [5, 5.41) is 29.0. The number of aliphatic hydroxyl groups is 3. The van der Waals surface area contributed by atoms with Gasteiger partial charge in [-0.25, -0.2) is 0 Å². The number of unbranched alkanes of at least 4 members (excludes halogenated alkanes) is 9. The average Bonchev–Trinajstić information content (AvgIpc) is 2.64. The van der Waals surface area contributed by atoms with Crippen LogP contribution >= 0.6 is 0 Å². The Morgan fingerprint density at radius 1 is 0.923 bits per heavy atom. The number of rotatable bonds is 15. The fourth-order valence-electron chi connectivity index (χ4n) is 3.25. The molecule has 0 aromatic carbocycles. The number of hydrogen-bond acceptors (Lipinski definition) is 5. The molecule has 3 N–H and O–H groups in total. The van der Waals surface area contributed by atoms with Crippen LogP contribution in [0.25, 0.3) is 0 Å². The molecule has 0 unspecified atom stereocenters. The molecule has 5 heteroatoms. The van der Waals surface area contributed by atoms with E-state index in [-0.39, 0.29) is 13.2 Å². The highest BCUT2D eigenvalue weighted by Gasteiger charge is 2.38. The molecule has 0 bridgehead atoms. The van der Waals surface area contributed by atoms with Crippen molar-refractivity contribution >= 4 is 0 Å². The van der Waals surface area contributed by atoms with Crippen molar-refractivity contribution in [3.63, 3.8) is 0 Å². The minimum absolute atomic E-state index is 0.0980. The maximum Gasteiger partial charge on any atom is 0.114 e. The Bertz CT molecular complexity index is 347.